The lowest BCUT2D eigenvalue weighted by Crippen LogP contribution is -2.17. The summed E-state index contributed by atoms with van der Waals surface area (Å²) in [5.41, 5.74) is 0. The van der Waals surface area contributed by atoms with E-state index in [0.717, 1.165) is 15.1 Å². The predicted octanol–water partition coefficient (Wildman–Crippen LogP) is 2.58. The summed E-state index contributed by atoms with van der Waals surface area (Å²) < 4.78 is 90.3. The van der Waals surface area contributed by atoms with E-state index in [0.29, 0.717) is 10.8 Å². The van der Waals surface area contributed by atoms with Gasteiger partial charge in [0.15, 0.2) is 24.8 Å². The van der Waals surface area contributed by atoms with E-state index in [1.165, 1.54) is 12.1 Å². The average molecular weight is 537 g/mol. The second kappa shape index (κ2) is 10.3. The van der Waals surface area contributed by atoms with Crippen molar-refractivity contribution < 1.29 is 33.7 Å². The number of hydrogen-bond donors (Lipinski definition) is 0. The Labute approximate surface area is 199 Å². The Hall–Kier alpha value is -3.28. The molecule has 0 bridgehead atoms. The highest BCUT2D eigenvalue weighted by Gasteiger charge is 2.28. The SMILES string of the molecule is O=S(=O)(CS(=O)(=O)c1cccc2ccccc12)c1cccc2ccccc12.O=S(=O)=C=S(=O)=O. The summed E-state index contributed by atoms with van der Waals surface area (Å²) >= 11 is 0. The summed E-state index contributed by atoms with van der Waals surface area (Å²) in [5, 5.41) is 1.57. The molecule has 0 N–H and O–H groups in total. The average Bonchev–Trinajstić information content (AvgIpc) is 2.77. The number of rotatable bonds is 4. The first kappa shape index (κ1) is 25.3. The molecule has 0 saturated heterocycles. The van der Waals surface area contributed by atoms with Crippen molar-refractivity contribution in [3.8, 4) is 0 Å². The first-order valence-electron chi connectivity index (χ1n) is 9.37. The highest BCUT2D eigenvalue weighted by Crippen LogP contribution is 2.28. The summed E-state index contributed by atoms with van der Waals surface area (Å²) in [7, 11) is -13.5. The molecule has 4 aromatic carbocycles. The van der Waals surface area contributed by atoms with Crippen molar-refractivity contribution in [2.24, 2.45) is 0 Å². The van der Waals surface area contributed by atoms with Gasteiger partial charge in [-0.3, -0.25) is 0 Å². The molecule has 0 aliphatic rings. The normalized spacial score (nSPS) is 11.3. The number of hydrogen-bond acceptors (Lipinski definition) is 8. The molecule has 34 heavy (non-hydrogen) atoms. The maximum atomic E-state index is 13.0. The Bertz CT molecular complexity index is 1740. The smallest absolute Gasteiger partial charge is 0.223 e. The Morgan fingerprint density at radius 2 is 0.882 bits per heavy atom. The predicted molar refractivity (Wildman–Crippen MR) is 130 cm³/mol. The van der Waals surface area contributed by atoms with Gasteiger partial charge in [-0.25, -0.2) is 16.8 Å². The van der Waals surface area contributed by atoms with Crippen LogP contribution in [0.3, 0.4) is 0 Å². The van der Waals surface area contributed by atoms with E-state index >= 15 is 0 Å². The Balaban J connectivity index is 0.000000406. The van der Waals surface area contributed by atoms with Gasteiger partial charge in [0.2, 0.25) is 0 Å². The van der Waals surface area contributed by atoms with Gasteiger partial charge < -0.3 is 0 Å². The van der Waals surface area contributed by atoms with Gasteiger partial charge >= 0.3 is 0 Å². The van der Waals surface area contributed by atoms with Gasteiger partial charge in [-0.2, -0.15) is 16.8 Å². The lowest BCUT2D eigenvalue weighted by Gasteiger charge is -2.11. The summed E-state index contributed by atoms with van der Waals surface area (Å²) in [5.74, 6) is 0. The second-order valence-corrected chi connectivity index (χ2v) is 12.7. The van der Waals surface area contributed by atoms with Crippen LogP contribution in [0, 0.1) is 0 Å². The van der Waals surface area contributed by atoms with Gasteiger partial charge in [-0.15, -0.1) is 0 Å². The molecule has 0 spiro atoms. The van der Waals surface area contributed by atoms with E-state index in [1.807, 2.05) is 12.1 Å². The Morgan fingerprint density at radius 1 is 0.529 bits per heavy atom. The number of benzene rings is 4. The summed E-state index contributed by atoms with van der Waals surface area (Å²) in [6.07, 6.45) is 0. The molecule has 0 fully saturated rings. The molecule has 0 aliphatic heterocycles. The van der Waals surface area contributed by atoms with Crippen LogP contribution in [0.1, 0.15) is 0 Å². The van der Waals surface area contributed by atoms with E-state index in [-0.39, 0.29) is 9.79 Å². The zero-order chi connectivity index (χ0) is 24.9. The molecule has 4 rings (SSSR count). The van der Waals surface area contributed by atoms with Crippen LogP contribution in [0.4, 0.5) is 0 Å². The van der Waals surface area contributed by atoms with Crippen LogP contribution < -0.4 is 0 Å². The molecule has 176 valence electrons. The Morgan fingerprint density at radius 3 is 1.24 bits per heavy atom. The molecular formula is C22H16O8S4. The van der Waals surface area contributed by atoms with E-state index in [2.05, 4.69) is 0 Å². The van der Waals surface area contributed by atoms with Crippen molar-refractivity contribution in [3.63, 3.8) is 0 Å². The first-order valence-corrected chi connectivity index (χ1v) is 14.8. The molecule has 8 nitrogen and oxygen atoms in total. The number of fused-ring (bicyclic) bond motifs is 2. The molecule has 4 aromatic rings. The molecule has 0 saturated carbocycles. The monoisotopic (exact) mass is 536 g/mol. The maximum Gasteiger partial charge on any atom is 0.276 e. The van der Waals surface area contributed by atoms with Crippen LogP contribution >= 0.6 is 0 Å². The zero-order valence-electron chi connectivity index (χ0n) is 17.2. The van der Waals surface area contributed by atoms with Crippen molar-refractivity contribution in [1.82, 2.24) is 0 Å². The third kappa shape index (κ3) is 5.99. The van der Waals surface area contributed by atoms with E-state index < -0.39 is 45.3 Å². The molecule has 12 heteroatoms. The van der Waals surface area contributed by atoms with Crippen molar-refractivity contribution in [2.75, 3.05) is 5.08 Å². The lowest BCUT2D eigenvalue weighted by molar-refractivity contribution is 0.589. The van der Waals surface area contributed by atoms with E-state index in [9.17, 15) is 33.7 Å². The van der Waals surface area contributed by atoms with E-state index in [1.54, 1.807) is 60.7 Å². The molecule has 0 amide bonds. The zero-order valence-corrected chi connectivity index (χ0v) is 20.5. The second-order valence-electron chi connectivity index (χ2n) is 6.85. The fraction of sp³-hybridized carbons (Fsp3) is 0.0455. The van der Waals surface area contributed by atoms with Gasteiger partial charge in [0.05, 0.1) is 9.79 Å². The summed E-state index contributed by atoms with van der Waals surface area (Å²) in [6.45, 7) is 0. The molecular weight excluding hydrogens is 521 g/mol. The lowest BCUT2D eigenvalue weighted by atomic mass is 10.1. The number of sulfone groups is 2. The quantitative estimate of drug-likeness (QED) is 0.363. The van der Waals surface area contributed by atoms with Gasteiger partial charge in [0.1, 0.15) is 4.31 Å². The van der Waals surface area contributed by atoms with Crippen molar-refractivity contribution in [1.29, 1.82) is 0 Å². The standard InChI is InChI=1S/C21H16O4S2.CO4S2/c22-26(23,20-13-5-9-16-7-1-3-11-18(16)20)15-27(24,25)21-14-6-10-17-8-2-4-12-19(17)21;2-6(3)1-7(4)5/h1-14H,15H2;. The van der Waals surface area contributed by atoms with Crippen LogP contribution in [-0.4, -0.2) is 43.1 Å². The van der Waals surface area contributed by atoms with Gasteiger partial charge in [-0.1, -0.05) is 72.8 Å². The highest BCUT2D eigenvalue weighted by molar-refractivity contribution is 8.08. The van der Waals surface area contributed by atoms with Crippen LogP contribution in [0.2, 0.25) is 0 Å². The van der Waals surface area contributed by atoms with Gasteiger partial charge in [-0.05, 0) is 22.9 Å². The van der Waals surface area contributed by atoms with Crippen molar-refractivity contribution in [2.45, 2.75) is 9.79 Å². The van der Waals surface area contributed by atoms with Crippen molar-refractivity contribution in [3.05, 3.63) is 84.9 Å². The highest BCUT2D eigenvalue weighted by atomic mass is 32.3. The molecule has 0 unspecified atom stereocenters. The topological polar surface area (TPSA) is 137 Å². The minimum Gasteiger partial charge on any atom is -0.223 e. The third-order valence-electron chi connectivity index (χ3n) is 4.62. The minimum absolute atomic E-state index is 0.0319. The molecule has 0 heterocycles. The molecule has 0 aliphatic carbocycles. The van der Waals surface area contributed by atoms with Crippen LogP contribution in [0.25, 0.3) is 21.5 Å². The fourth-order valence-electron chi connectivity index (χ4n) is 3.32. The van der Waals surface area contributed by atoms with Crippen molar-refractivity contribution >= 4 is 66.1 Å². The molecule has 0 radical (unpaired) electrons. The van der Waals surface area contributed by atoms with E-state index in [4.69, 9.17) is 0 Å². The third-order valence-corrected chi connectivity index (χ3v) is 10.2. The largest absolute Gasteiger partial charge is 0.276 e. The molecule has 0 aromatic heterocycles. The van der Waals surface area contributed by atoms with Gasteiger partial charge in [0, 0.05) is 10.8 Å². The summed E-state index contributed by atoms with van der Waals surface area (Å²) in [4.78, 5) is 0.0637. The Kier molecular flexibility index (Phi) is 7.70. The van der Waals surface area contributed by atoms with Gasteiger partial charge in [0.25, 0.3) is 20.6 Å². The van der Waals surface area contributed by atoms with Crippen LogP contribution in [0.15, 0.2) is 94.7 Å². The van der Waals surface area contributed by atoms with Crippen LogP contribution in [0.5, 0.6) is 0 Å². The molecule has 0 atom stereocenters. The minimum atomic E-state index is -4.05. The maximum absolute atomic E-state index is 13.0. The first-order chi connectivity index (χ1) is 16.0. The fourth-order valence-corrected chi connectivity index (χ4v) is 8.03. The van der Waals surface area contributed by atoms with Crippen LogP contribution in [-0.2, 0) is 40.3 Å². The summed E-state index contributed by atoms with van der Waals surface area (Å²) in [6, 6.07) is 23.8.